The number of hydrogen-bond acceptors (Lipinski definition) is 6. The van der Waals surface area contributed by atoms with Gasteiger partial charge in [0.1, 0.15) is 12.2 Å². The summed E-state index contributed by atoms with van der Waals surface area (Å²) < 4.78 is 17.5. The molecule has 0 radical (unpaired) electrons. The minimum absolute atomic E-state index is 0.0157. The number of ether oxygens (including phenoxy) is 3. The van der Waals surface area contributed by atoms with Crippen molar-refractivity contribution in [3.8, 4) is 17.2 Å². The molecule has 0 aliphatic rings. The molecule has 0 unspecified atom stereocenters. The van der Waals surface area contributed by atoms with E-state index in [1.165, 1.54) is 6.21 Å². The number of nitrogens with one attached hydrogen (secondary N) is 2. The fourth-order valence-electron chi connectivity index (χ4n) is 2.65. The van der Waals surface area contributed by atoms with Crippen molar-refractivity contribution in [2.45, 2.75) is 40.2 Å². The third-order valence-corrected chi connectivity index (χ3v) is 4.45. The standard InChI is InChI=1S/C23H28BrN3O5/c1-5-30-18-9-7-17(8-10-18)26-21(28)13-22(29)27-25-14-16-11-19(24)23(32-15(3)4)20(12-16)31-6-2/h7-12,14-15H,5-6,13H2,1-4H3,(H,26,28)(H,27,29). The van der Waals surface area contributed by atoms with Crippen LogP contribution in [0.15, 0.2) is 46.0 Å². The lowest BCUT2D eigenvalue weighted by atomic mass is 10.2. The van der Waals surface area contributed by atoms with E-state index in [2.05, 4.69) is 31.8 Å². The molecular weight excluding hydrogens is 478 g/mol. The molecule has 0 aliphatic carbocycles. The Hall–Kier alpha value is -3.07. The van der Waals surface area contributed by atoms with Gasteiger partial charge in [-0.1, -0.05) is 0 Å². The lowest BCUT2D eigenvalue weighted by Gasteiger charge is -2.16. The predicted octanol–water partition coefficient (Wildman–Crippen LogP) is 4.51. The first-order chi connectivity index (χ1) is 15.3. The quantitative estimate of drug-likeness (QED) is 0.266. The average Bonchev–Trinajstić information content (AvgIpc) is 2.72. The van der Waals surface area contributed by atoms with Crippen LogP contribution in [0.2, 0.25) is 0 Å². The van der Waals surface area contributed by atoms with E-state index in [0.29, 0.717) is 46.2 Å². The van der Waals surface area contributed by atoms with E-state index in [-0.39, 0.29) is 12.5 Å². The van der Waals surface area contributed by atoms with Gasteiger partial charge in [-0.2, -0.15) is 5.10 Å². The number of benzene rings is 2. The van der Waals surface area contributed by atoms with Crippen molar-refractivity contribution in [3.63, 3.8) is 0 Å². The van der Waals surface area contributed by atoms with Crippen LogP contribution in [0.25, 0.3) is 0 Å². The fourth-order valence-corrected chi connectivity index (χ4v) is 3.20. The fraction of sp³-hybridized carbons (Fsp3) is 0.348. The van der Waals surface area contributed by atoms with Crippen LogP contribution in [-0.2, 0) is 9.59 Å². The summed E-state index contributed by atoms with van der Waals surface area (Å²) >= 11 is 3.48. The Bertz CT molecular complexity index is 945. The summed E-state index contributed by atoms with van der Waals surface area (Å²) in [5, 5.41) is 6.59. The predicted molar refractivity (Wildman–Crippen MR) is 128 cm³/mol. The molecule has 0 fully saturated rings. The van der Waals surface area contributed by atoms with E-state index in [1.54, 1.807) is 36.4 Å². The Morgan fingerprint density at radius 2 is 1.75 bits per heavy atom. The van der Waals surface area contributed by atoms with E-state index in [1.807, 2.05) is 27.7 Å². The van der Waals surface area contributed by atoms with Crippen molar-refractivity contribution in [3.05, 3.63) is 46.4 Å². The summed E-state index contributed by atoms with van der Waals surface area (Å²) in [6, 6.07) is 10.5. The Morgan fingerprint density at radius 3 is 2.38 bits per heavy atom. The van der Waals surface area contributed by atoms with Gasteiger partial charge in [-0.3, -0.25) is 9.59 Å². The maximum absolute atomic E-state index is 12.1. The van der Waals surface area contributed by atoms with Gasteiger partial charge in [0.05, 0.1) is 30.0 Å². The summed E-state index contributed by atoms with van der Waals surface area (Å²) in [7, 11) is 0. The molecule has 2 N–H and O–H groups in total. The summed E-state index contributed by atoms with van der Waals surface area (Å²) in [6.45, 7) is 8.67. The monoisotopic (exact) mass is 505 g/mol. The third kappa shape index (κ3) is 8.22. The van der Waals surface area contributed by atoms with E-state index in [0.717, 1.165) is 0 Å². The molecule has 0 aliphatic heterocycles. The smallest absolute Gasteiger partial charge is 0.249 e. The molecule has 8 nitrogen and oxygen atoms in total. The SMILES string of the molecule is CCOc1ccc(NC(=O)CC(=O)NN=Cc2cc(Br)c(OC(C)C)c(OCC)c2)cc1. The van der Waals surface area contributed by atoms with Gasteiger partial charge in [-0.25, -0.2) is 5.43 Å². The normalized spacial score (nSPS) is 10.8. The van der Waals surface area contributed by atoms with Crippen molar-refractivity contribution in [2.75, 3.05) is 18.5 Å². The van der Waals surface area contributed by atoms with E-state index < -0.39 is 11.8 Å². The molecule has 0 bridgehead atoms. The molecule has 172 valence electrons. The largest absolute Gasteiger partial charge is 0.494 e. The lowest BCUT2D eigenvalue weighted by molar-refractivity contribution is -0.126. The number of amides is 2. The van der Waals surface area contributed by atoms with Crippen molar-refractivity contribution >= 4 is 39.6 Å². The molecule has 2 rings (SSSR count). The lowest BCUT2D eigenvalue weighted by Crippen LogP contribution is -2.24. The van der Waals surface area contributed by atoms with Crippen molar-refractivity contribution < 1.29 is 23.8 Å². The van der Waals surface area contributed by atoms with Gasteiger partial charge < -0.3 is 19.5 Å². The molecule has 0 aromatic heterocycles. The summed E-state index contributed by atoms with van der Waals surface area (Å²) in [5.41, 5.74) is 3.62. The van der Waals surface area contributed by atoms with Crippen LogP contribution in [0.1, 0.15) is 39.7 Å². The average molecular weight is 506 g/mol. The number of carbonyl (C=O) groups is 2. The first-order valence-corrected chi connectivity index (χ1v) is 11.1. The summed E-state index contributed by atoms with van der Waals surface area (Å²) in [6.07, 6.45) is 1.09. The van der Waals surface area contributed by atoms with Gasteiger partial charge in [0.25, 0.3) is 0 Å². The van der Waals surface area contributed by atoms with Crippen molar-refractivity contribution in [2.24, 2.45) is 5.10 Å². The number of halogens is 1. The number of carbonyl (C=O) groups excluding carboxylic acids is 2. The molecule has 2 aromatic rings. The summed E-state index contributed by atoms with van der Waals surface area (Å²) in [4.78, 5) is 24.1. The Labute approximate surface area is 196 Å². The van der Waals surface area contributed by atoms with Gasteiger partial charge in [0.2, 0.25) is 11.8 Å². The molecule has 2 aromatic carbocycles. The second-order valence-electron chi connectivity index (χ2n) is 6.91. The van der Waals surface area contributed by atoms with Crippen LogP contribution < -0.4 is 25.0 Å². The number of rotatable bonds is 11. The Kier molecular flexibility index (Phi) is 10.0. The molecule has 0 atom stereocenters. The number of anilines is 1. The van der Waals surface area contributed by atoms with Crippen LogP contribution >= 0.6 is 15.9 Å². The zero-order valence-electron chi connectivity index (χ0n) is 18.6. The molecular formula is C23H28BrN3O5. The number of hydrazone groups is 1. The molecule has 9 heteroatoms. The van der Waals surface area contributed by atoms with Crippen LogP contribution in [0, 0.1) is 0 Å². The van der Waals surface area contributed by atoms with E-state index in [4.69, 9.17) is 14.2 Å². The van der Waals surface area contributed by atoms with Crippen molar-refractivity contribution in [1.82, 2.24) is 5.43 Å². The maximum atomic E-state index is 12.1. The van der Waals surface area contributed by atoms with Crippen molar-refractivity contribution in [1.29, 1.82) is 0 Å². The first kappa shape index (κ1) is 25.2. The topological polar surface area (TPSA) is 98.2 Å². The van der Waals surface area contributed by atoms with Crippen LogP contribution in [-0.4, -0.2) is 37.3 Å². The van der Waals surface area contributed by atoms with Gasteiger partial charge in [-0.05, 0) is 85.6 Å². The van der Waals surface area contributed by atoms with Crippen LogP contribution in [0.4, 0.5) is 5.69 Å². The molecule has 2 amide bonds. The number of nitrogens with zero attached hydrogens (tertiary/aromatic N) is 1. The highest BCUT2D eigenvalue weighted by Crippen LogP contribution is 2.37. The Balaban J connectivity index is 1.92. The minimum Gasteiger partial charge on any atom is -0.494 e. The highest BCUT2D eigenvalue weighted by molar-refractivity contribution is 9.10. The highest BCUT2D eigenvalue weighted by Gasteiger charge is 2.13. The van der Waals surface area contributed by atoms with Gasteiger partial charge in [-0.15, -0.1) is 0 Å². The third-order valence-electron chi connectivity index (χ3n) is 3.86. The second-order valence-corrected chi connectivity index (χ2v) is 7.76. The van der Waals surface area contributed by atoms with Gasteiger partial charge in [0, 0.05) is 5.69 Å². The second kappa shape index (κ2) is 12.7. The summed E-state index contributed by atoms with van der Waals surface area (Å²) in [5.74, 6) is 0.902. The molecule has 0 heterocycles. The maximum Gasteiger partial charge on any atom is 0.249 e. The zero-order valence-corrected chi connectivity index (χ0v) is 20.2. The molecule has 0 saturated heterocycles. The van der Waals surface area contributed by atoms with Gasteiger partial charge in [0.15, 0.2) is 11.5 Å². The van der Waals surface area contributed by atoms with E-state index >= 15 is 0 Å². The minimum atomic E-state index is -0.534. The first-order valence-electron chi connectivity index (χ1n) is 10.3. The highest BCUT2D eigenvalue weighted by atomic mass is 79.9. The number of hydrogen-bond donors (Lipinski definition) is 2. The molecule has 32 heavy (non-hydrogen) atoms. The van der Waals surface area contributed by atoms with Crippen LogP contribution in [0.5, 0.6) is 17.2 Å². The Morgan fingerprint density at radius 1 is 1.06 bits per heavy atom. The van der Waals surface area contributed by atoms with Crippen LogP contribution in [0.3, 0.4) is 0 Å². The molecule has 0 spiro atoms. The zero-order chi connectivity index (χ0) is 23.5. The molecule has 0 saturated carbocycles. The van der Waals surface area contributed by atoms with E-state index in [9.17, 15) is 9.59 Å². The van der Waals surface area contributed by atoms with Gasteiger partial charge >= 0.3 is 0 Å².